The van der Waals surface area contributed by atoms with E-state index in [4.69, 9.17) is 0 Å². The quantitative estimate of drug-likeness (QED) is 0.476. The number of hydrogen-bond acceptors (Lipinski definition) is 5. The Morgan fingerprint density at radius 1 is 1.03 bits per heavy atom. The van der Waals surface area contributed by atoms with Crippen molar-refractivity contribution in [2.45, 2.75) is 24.9 Å². The maximum absolute atomic E-state index is 13.3. The molecule has 0 radical (unpaired) electrons. The summed E-state index contributed by atoms with van der Waals surface area (Å²) >= 11 is 1.36. The van der Waals surface area contributed by atoms with E-state index in [1.54, 1.807) is 4.57 Å². The Kier molecular flexibility index (Phi) is 4.78. The molecule has 1 amide bonds. The van der Waals surface area contributed by atoms with Crippen molar-refractivity contribution >= 4 is 34.3 Å². The van der Waals surface area contributed by atoms with E-state index >= 15 is 0 Å². The molecular weight excluding hydrogens is 398 g/mol. The number of fused-ring (bicyclic) bond motifs is 3. The Bertz CT molecular complexity index is 1300. The van der Waals surface area contributed by atoms with Gasteiger partial charge in [-0.05, 0) is 44.0 Å². The van der Waals surface area contributed by atoms with Gasteiger partial charge in [-0.25, -0.2) is 4.57 Å². The fourth-order valence-electron chi connectivity index (χ4n) is 3.88. The van der Waals surface area contributed by atoms with Crippen molar-refractivity contribution in [3.8, 4) is 5.69 Å². The Morgan fingerprint density at radius 3 is 2.53 bits per heavy atom. The van der Waals surface area contributed by atoms with E-state index in [1.165, 1.54) is 11.8 Å². The summed E-state index contributed by atoms with van der Waals surface area (Å²) < 4.78 is 3.46. The number of hydrogen-bond donors (Lipinski definition) is 0. The minimum absolute atomic E-state index is 0.116. The molecule has 5 rings (SSSR count). The lowest BCUT2D eigenvalue weighted by atomic mass is 10.2. The Hall–Kier alpha value is -3.13. The number of nitrogens with zero attached hydrogens (tertiary/aromatic N) is 5. The average Bonchev–Trinajstić information content (AvgIpc) is 3.44. The number of benzene rings is 2. The molecule has 0 spiro atoms. The largest absolute Gasteiger partial charge is 0.342 e. The molecule has 1 saturated heterocycles. The number of para-hydroxylation sites is 1. The molecule has 1 fully saturated rings. The van der Waals surface area contributed by atoms with Crippen molar-refractivity contribution in [1.82, 2.24) is 24.1 Å². The van der Waals surface area contributed by atoms with Crippen LogP contribution in [0, 0.1) is 6.92 Å². The summed E-state index contributed by atoms with van der Waals surface area (Å²) in [5.74, 6) is 0.864. The highest BCUT2D eigenvalue weighted by Gasteiger charge is 2.21. The second-order valence-electron chi connectivity index (χ2n) is 7.49. The van der Waals surface area contributed by atoms with Gasteiger partial charge in [-0.15, -0.1) is 10.2 Å². The van der Waals surface area contributed by atoms with Crippen LogP contribution in [0.1, 0.15) is 18.4 Å². The maximum atomic E-state index is 13.3. The summed E-state index contributed by atoms with van der Waals surface area (Å²) in [5, 5.41) is 9.86. The van der Waals surface area contributed by atoms with Crippen LogP contribution in [0.3, 0.4) is 0 Å². The molecule has 1 aliphatic rings. The van der Waals surface area contributed by atoms with E-state index < -0.39 is 0 Å². The van der Waals surface area contributed by atoms with Crippen LogP contribution in [0.25, 0.3) is 22.4 Å². The molecule has 0 unspecified atom stereocenters. The third-order valence-electron chi connectivity index (χ3n) is 5.47. The smallest absolute Gasteiger partial charge is 0.267 e. The van der Waals surface area contributed by atoms with Gasteiger partial charge in [0.05, 0.1) is 22.3 Å². The molecule has 0 N–H and O–H groups in total. The van der Waals surface area contributed by atoms with Crippen LogP contribution in [0.15, 0.2) is 58.5 Å². The van der Waals surface area contributed by atoms with Gasteiger partial charge in [0, 0.05) is 13.1 Å². The van der Waals surface area contributed by atoms with E-state index in [2.05, 4.69) is 10.2 Å². The highest BCUT2D eigenvalue weighted by atomic mass is 32.2. The second kappa shape index (κ2) is 7.60. The molecule has 2 aromatic heterocycles. The standard InChI is InChI=1S/C22H21N5O2S/c1-15-8-10-16(11-9-15)26-20(29)17-6-2-3-7-18(17)27-21(26)23-24-22(27)30-14-19(28)25-12-4-5-13-25/h2-3,6-11H,4-5,12-14H2,1H3. The molecule has 4 aromatic rings. The first-order chi connectivity index (χ1) is 14.6. The van der Waals surface area contributed by atoms with E-state index in [0.717, 1.165) is 42.7 Å². The molecule has 3 heterocycles. The molecule has 30 heavy (non-hydrogen) atoms. The van der Waals surface area contributed by atoms with Crippen LogP contribution in [-0.2, 0) is 4.79 Å². The normalized spacial score (nSPS) is 14.1. The summed E-state index contributed by atoms with van der Waals surface area (Å²) in [5.41, 5.74) is 2.45. The third-order valence-corrected chi connectivity index (χ3v) is 6.38. The van der Waals surface area contributed by atoms with Crippen molar-refractivity contribution in [2.75, 3.05) is 18.8 Å². The first-order valence-corrected chi connectivity index (χ1v) is 11.0. The zero-order valence-corrected chi connectivity index (χ0v) is 17.4. The van der Waals surface area contributed by atoms with Gasteiger partial charge in [-0.1, -0.05) is 41.6 Å². The van der Waals surface area contributed by atoms with Gasteiger partial charge in [-0.3, -0.25) is 14.0 Å². The van der Waals surface area contributed by atoms with Gasteiger partial charge >= 0.3 is 0 Å². The molecule has 2 aromatic carbocycles. The monoisotopic (exact) mass is 419 g/mol. The van der Waals surface area contributed by atoms with Gasteiger partial charge in [0.25, 0.3) is 5.56 Å². The van der Waals surface area contributed by atoms with Gasteiger partial charge < -0.3 is 4.90 Å². The molecule has 8 heteroatoms. The number of aryl methyl sites for hydroxylation is 1. The van der Waals surface area contributed by atoms with Crippen LogP contribution in [0.2, 0.25) is 0 Å². The van der Waals surface area contributed by atoms with Crippen LogP contribution < -0.4 is 5.56 Å². The van der Waals surface area contributed by atoms with Crippen molar-refractivity contribution in [3.63, 3.8) is 0 Å². The lowest BCUT2D eigenvalue weighted by Crippen LogP contribution is -2.29. The highest BCUT2D eigenvalue weighted by Crippen LogP contribution is 2.24. The Labute approximate surface area is 177 Å². The molecule has 0 saturated carbocycles. The molecule has 0 bridgehead atoms. The van der Waals surface area contributed by atoms with Crippen molar-refractivity contribution in [2.24, 2.45) is 0 Å². The van der Waals surface area contributed by atoms with Crippen LogP contribution >= 0.6 is 11.8 Å². The molecule has 7 nitrogen and oxygen atoms in total. The van der Waals surface area contributed by atoms with Gasteiger partial charge in [0.1, 0.15) is 0 Å². The molecule has 152 valence electrons. The predicted molar refractivity (Wildman–Crippen MR) is 117 cm³/mol. The average molecular weight is 420 g/mol. The first-order valence-electron chi connectivity index (χ1n) is 10.00. The zero-order valence-electron chi connectivity index (χ0n) is 16.6. The summed E-state index contributed by atoms with van der Waals surface area (Å²) in [6.45, 7) is 3.66. The lowest BCUT2D eigenvalue weighted by Gasteiger charge is -2.14. The highest BCUT2D eigenvalue weighted by molar-refractivity contribution is 7.99. The topological polar surface area (TPSA) is 72.5 Å². The summed E-state index contributed by atoms with van der Waals surface area (Å²) in [7, 11) is 0. The molecular formula is C22H21N5O2S. The molecule has 0 aliphatic carbocycles. The van der Waals surface area contributed by atoms with Crippen LogP contribution in [-0.4, -0.2) is 48.8 Å². The van der Waals surface area contributed by atoms with Crippen molar-refractivity contribution in [1.29, 1.82) is 0 Å². The third kappa shape index (κ3) is 3.17. The fraction of sp³-hybridized carbons (Fsp3) is 0.273. The number of likely N-dealkylation sites (tertiary alicyclic amines) is 1. The van der Waals surface area contributed by atoms with Gasteiger partial charge in [-0.2, -0.15) is 0 Å². The number of rotatable bonds is 4. The number of thioether (sulfide) groups is 1. The van der Waals surface area contributed by atoms with E-state index in [9.17, 15) is 9.59 Å². The predicted octanol–water partition coefficient (Wildman–Crippen LogP) is 3.06. The number of carbonyl (C=O) groups is 1. The number of aromatic nitrogens is 4. The number of carbonyl (C=O) groups excluding carboxylic acids is 1. The van der Waals surface area contributed by atoms with Crippen molar-refractivity contribution < 1.29 is 4.79 Å². The van der Waals surface area contributed by atoms with E-state index in [0.29, 0.717) is 22.1 Å². The van der Waals surface area contributed by atoms with Crippen molar-refractivity contribution in [3.05, 3.63) is 64.4 Å². The van der Waals surface area contributed by atoms with E-state index in [-0.39, 0.29) is 11.5 Å². The minimum atomic E-state index is -0.140. The fourth-order valence-corrected chi connectivity index (χ4v) is 4.73. The Balaban J connectivity index is 1.64. The van der Waals surface area contributed by atoms with Crippen LogP contribution in [0.5, 0.6) is 0 Å². The van der Waals surface area contributed by atoms with Crippen LogP contribution in [0.4, 0.5) is 0 Å². The number of amides is 1. The lowest BCUT2D eigenvalue weighted by molar-refractivity contribution is -0.127. The minimum Gasteiger partial charge on any atom is -0.342 e. The maximum Gasteiger partial charge on any atom is 0.267 e. The Morgan fingerprint density at radius 2 is 1.77 bits per heavy atom. The van der Waals surface area contributed by atoms with Gasteiger partial charge in [0.15, 0.2) is 5.16 Å². The SMILES string of the molecule is Cc1ccc(-n2c(=O)c3ccccc3n3c(SCC(=O)N4CCCC4)nnc23)cc1. The first kappa shape index (κ1) is 18.9. The van der Waals surface area contributed by atoms with Gasteiger partial charge in [0.2, 0.25) is 11.7 Å². The van der Waals surface area contributed by atoms with E-state index in [1.807, 2.05) is 64.8 Å². The zero-order chi connectivity index (χ0) is 20.7. The molecule has 1 aliphatic heterocycles. The summed E-state index contributed by atoms with van der Waals surface area (Å²) in [6, 6.07) is 15.2. The summed E-state index contributed by atoms with van der Waals surface area (Å²) in [6.07, 6.45) is 2.13. The molecule has 0 atom stereocenters. The summed E-state index contributed by atoms with van der Waals surface area (Å²) in [4.78, 5) is 27.7. The second-order valence-corrected chi connectivity index (χ2v) is 8.43.